The molecule has 6 heteroatoms. The Morgan fingerprint density at radius 3 is 2.57 bits per heavy atom. The quantitative estimate of drug-likeness (QED) is 0.630. The normalized spacial score (nSPS) is 11.7. The predicted molar refractivity (Wildman–Crippen MR) is 83.7 cm³/mol. The first kappa shape index (κ1) is 14.8. The van der Waals surface area contributed by atoms with Crippen LogP contribution in [0.1, 0.15) is 12.5 Å². The summed E-state index contributed by atoms with van der Waals surface area (Å²) in [6.45, 7) is 1.98. The summed E-state index contributed by atoms with van der Waals surface area (Å²) >= 11 is 0. The zero-order chi connectivity index (χ0) is 15.2. The van der Waals surface area contributed by atoms with E-state index in [0.29, 0.717) is 5.82 Å². The monoisotopic (exact) mass is 286 g/mol. The standard InChI is InChI=1S/C15H18N4O2/c1-11(10-12-6-4-3-5-7-12)17-15-13(19(20)21)8-9-14(16-2)18-15/h3-9,11H,10H2,1-2H3,(H2,16,17,18). The number of hydrogen-bond donors (Lipinski definition) is 2. The molecule has 0 aliphatic heterocycles. The minimum Gasteiger partial charge on any atom is -0.373 e. The van der Waals surface area contributed by atoms with Crippen molar-refractivity contribution in [2.75, 3.05) is 17.7 Å². The van der Waals surface area contributed by atoms with E-state index >= 15 is 0 Å². The van der Waals surface area contributed by atoms with E-state index in [4.69, 9.17) is 0 Å². The van der Waals surface area contributed by atoms with Gasteiger partial charge in [0.1, 0.15) is 5.82 Å². The third-order valence-corrected chi connectivity index (χ3v) is 3.09. The topological polar surface area (TPSA) is 80.1 Å². The number of benzene rings is 1. The maximum Gasteiger partial charge on any atom is 0.311 e. The Bertz CT molecular complexity index is 616. The van der Waals surface area contributed by atoms with Crippen LogP contribution in [0, 0.1) is 10.1 Å². The van der Waals surface area contributed by atoms with Gasteiger partial charge in [0.05, 0.1) is 4.92 Å². The van der Waals surface area contributed by atoms with Gasteiger partial charge in [-0.25, -0.2) is 4.98 Å². The molecule has 2 rings (SSSR count). The van der Waals surface area contributed by atoms with Gasteiger partial charge in [-0.15, -0.1) is 0 Å². The highest BCUT2D eigenvalue weighted by Crippen LogP contribution is 2.24. The number of nitro groups is 1. The second-order valence-corrected chi connectivity index (χ2v) is 4.81. The van der Waals surface area contributed by atoms with E-state index < -0.39 is 4.92 Å². The van der Waals surface area contributed by atoms with Gasteiger partial charge in [0.25, 0.3) is 0 Å². The Kier molecular flexibility index (Phi) is 4.71. The lowest BCUT2D eigenvalue weighted by Gasteiger charge is -2.15. The van der Waals surface area contributed by atoms with Gasteiger partial charge in [0, 0.05) is 19.2 Å². The van der Waals surface area contributed by atoms with Crippen LogP contribution >= 0.6 is 0 Å². The first-order valence-corrected chi connectivity index (χ1v) is 6.74. The van der Waals surface area contributed by atoms with Crippen molar-refractivity contribution >= 4 is 17.3 Å². The zero-order valence-corrected chi connectivity index (χ0v) is 12.0. The summed E-state index contributed by atoms with van der Waals surface area (Å²) in [5.41, 5.74) is 1.15. The molecule has 0 aliphatic rings. The molecular weight excluding hydrogens is 268 g/mol. The van der Waals surface area contributed by atoms with E-state index in [2.05, 4.69) is 15.6 Å². The summed E-state index contributed by atoms with van der Waals surface area (Å²) in [7, 11) is 1.73. The number of pyridine rings is 1. The molecule has 1 heterocycles. The van der Waals surface area contributed by atoms with E-state index in [1.165, 1.54) is 11.6 Å². The molecule has 0 spiro atoms. The lowest BCUT2D eigenvalue weighted by Crippen LogP contribution is -2.20. The van der Waals surface area contributed by atoms with Crippen LogP contribution in [0.3, 0.4) is 0 Å². The fraction of sp³-hybridized carbons (Fsp3) is 0.267. The number of nitrogens with zero attached hydrogens (tertiary/aromatic N) is 2. The van der Waals surface area contributed by atoms with Gasteiger partial charge in [0.2, 0.25) is 5.82 Å². The van der Waals surface area contributed by atoms with Crippen LogP contribution in [0.4, 0.5) is 17.3 Å². The van der Waals surface area contributed by atoms with Crippen LogP contribution in [0.15, 0.2) is 42.5 Å². The first-order valence-electron chi connectivity index (χ1n) is 6.74. The van der Waals surface area contributed by atoms with Crippen LogP contribution < -0.4 is 10.6 Å². The Labute approximate surface area is 123 Å². The van der Waals surface area contributed by atoms with Crippen LogP contribution in [-0.2, 0) is 6.42 Å². The van der Waals surface area contributed by atoms with Gasteiger partial charge in [-0.05, 0) is 25.0 Å². The highest BCUT2D eigenvalue weighted by molar-refractivity contribution is 5.60. The largest absolute Gasteiger partial charge is 0.373 e. The van der Waals surface area contributed by atoms with E-state index in [-0.39, 0.29) is 17.5 Å². The molecule has 0 radical (unpaired) electrons. The molecule has 0 amide bonds. The minimum absolute atomic E-state index is 0.0195. The fourth-order valence-electron chi connectivity index (χ4n) is 2.10. The second kappa shape index (κ2) is 6.69. The highest BCUT2D eigenvalue weighted by Gasteiger charge is 2.17. The van der Waals surface area contributed by atoms with E-state index in [0.717, 1.165) is 6.42 Å². The second-order valence-electron chi connectivity index (χ2n) is 4.81. The van der Waals surface area contributed by atoms with E-state index in [9.17, 15) is 10.1 Å². The van der Waals surface area contributed by atoms with Crippen molar-refractivity contribution in [3.8, 4) is 0 Å². The van der Waals surface area contributed by atoms with Crippen molar-refractivity contribution in [2.24, 2.45) is 0 Å². The number of anilines is 2. The fourth-order valence-corrected chi connectivity index (χ4v) is 2.10. The summed E-state index contributed by atoms with van der Waals surface area (Å²) in [6, 6.07) is 13.1. The van der Waals surface area contributed by atoms with Gasteiger partial charge in [0.15, 0.2) is 0 Å². The number of rotatable bonds is 6. The molecule has 2 aromatic rings. The van der Waals surface area contributed by atoms with Crippen molar-refractivity contribution in [1.82, 2.24) is 4.98 Å². The molecule has 1 atom stereocenters. The zero-order valence-electron chi connectivity index (χ0n) is 12.0. The first-order chi connectivity index (χ1) is 10.1. The van der Waals surface area contributed by atoms with Crippen molar-refractivity contribution in [1.29, 1.82) is 0 Å². The molecule has 21 heavy (non-hydrogen) atoms. The summed E-state index contributed by atoms with van der Waals surface area (Å²) in [5, 5.41) is 17.1. The number of aromatic nitrogens is 1. The maximum absolute atomic E-state index is 11.1. The molecule has 0 bridgehead atoms. The summed E-state index contributed by atoms with van der Waals surface area (Å²) < 4.78 is 0. The van der Waals surface area contributed by atoms with Crippen LogP contribution in [0.2, 0.25) is 0 Å². The van der Waals surface area contributed by atoms with Crippen molar-refractivity contribution in [2.45, 2.75) is 19.4 Å². The molecule has 1 unspecified atom stereocenters. The lowest BCUT2D eigenvalue weighted by molar-refractivity contribution is -0.384. The van der Waals surface area contributed by atoms with Crippen molar-refractivity contribution in [3.05, 3.63) is 58.1 Å². The lowest BCUT2D eigenvalue weighted by atomic mass is 10.1. The summed E-state index contributed by atoms with van der Waals surface area (Å²) in [4.78, 5) is 14.9. The molecule has 0 aliphatic carbocycles. The smallest absolute Gasteiger partial charge is 0.311 e. The molecule has 2 N–H and O–H groups in total. The Morgan fingerprint density at radius 2 is 1.95 bits per heavy atom. The van der Waals surface area contributed by atoms with E-state index in [1.54, 1.807) is 13.1 Å². The van der Waals surface area contributed by atoms with Crippen LogP contribution in [0.25, 0.3) is 0 Å². The molecular formula is C15H18N4O2. The number of nitrogens with one attached hydrogen (secondary N) is 2. The van der Waals surface area contributed by atoms with Crippen LogP contribution in [-0.4, -0.2) is 23.0 Å². The van der Waals surface area contributed by atoms with Gasteiger partial charge in [-0.3, -0.25) is 10.1 Å². The molecule has 1 aromatic heterocycles. The summed E-state index contributed by atoms with van der Waals surface area (Å²) in [6.07, 6.45) is 0.767. The SMILES string of the molecule is CNc1ccc([N+](=O)[O-])c(NC(C)Cc2ccccc2)n1. The van der Waals surface area contributed by atoms with Crippen molar-refractivity contribution in [3.63, 3.8) is 0 Å². The summed E-state index contributed by atoms with van der Waals surface area (Å²) in [5.74, 6) is 0.880. The van der Waals surface area contributed by atoms with Gasteiger partial charge >= 0.3 is 5.69 Å². The van der Waals surface area contributed by atoms with Gasteiger partial charge in [-0.2, -0.15) is 0 Å². The number of hydrogen-bond acceptors (Lipinski definition) is 5. The van der Waals surface area contributed by atoms with Crippen molar-refractivity contribution < 1.29 is 4.92 Å². The average Bonchev–Trinajstić information content (AvgIpc) is 2.47. The Morgan fingerprint density at radius 1 is 1.24 bits per heavy atom. The molecule has 1 aromatic carbocycles. The third kappa shape index (κ3) is 3.92. The highest BCUT2D eigenvalue weighted by atomic mass is 16.6. The van der Waals surface area contributed by atoms with E-state index in [1.807, 2.05) is 37.3 Å². The third-order valence-electron chi connectivity index (χ3n) is 3.09. The molecule has 110 valence electrons. The average molecular weight is 286 g/mol. The molecule has 6 nitrogen and oxygen atoms in total. The Hall–Kier alpha value is -2.63. The maximum atomic E-state index is 11.1. The van der Waals surface area contributed by atoms with Crippen LogP contribution in [0.5, 0.6) is 0 Å². The Balaban J connectivity index is 2.15. The van der Waals surface area contributed by atoms with Gasteiger partial charge < -0.3 is 10.6 Å². The predicted octanol–water partition coefficient (Wildman–Crippen LogP) is 3.07. The minimum atomic E-state index is -0.427. The van der Waals surface area contributed by atoms with Gasteiger partial charge in [-0.1, -0.05) is 30.3 Å². The molecule has 0 fully saturated rings. The molecule has 0 saturated heterocycles. The molecule has 0 saturated carbocycles.